The van der Waals surface area contributed by atoms with Gasteiger partial charge in [0.15, 0.2) is 0 Å². The molecule has 1 fully saturated rings. The summed E-state index contributed by atoms with van der Waals surface area (Å²) in [5.74, 6) is 0.872. The molecule has 0 radical (unpaired) electrons. The van der Waals surface area contributed by atoms with Crippen LogP contribution in [0.2, 0.25) is 0 Å². The molecule has 1 aliphatic rings. The third-order valence-corrected chi connectivity index (χ3v) is 4.99. The van der Waals surface area contributed by atoms with Crippen LogP contribution in [0.1, 0.15) is 33.8 Å². The number of likely N-dealkylation sites (tertiary alicyclic amines) is 1. The summed E-state index contributed by atoms with van der Waals surface area (Å²) >= 11 is 0. The Morgan fingerprint density at radius 1 is 1.40 bits per heavy atom. The first-order chi connectivity index (χ1) is 12.1. The molecular formula is C19H22N4O2. The third kappa shape index (κ3) is 3.17. The second kappa shape index (κ2) is 6.37. The molecule has 0 spiro atoms. The van der Waals surface area contributed by atoms with Crippen LogP contribution in [0.5, 0.6) is 0 Å². The highest BCUT2D eigenvalue weighted by Crippen LogP contribution is 2.19. The van der Waals surface area contributed by atoms with E-state index in [1.807, 2.05) is 44.3 Å². The van der Waals surface area contributed by atoms with Crippen LogP contribution in [0.15, 0.2) is 35.0 Å². The molecule has 2 aromatic heterocycles. The van der Waals surface area contributed by atoms with Crippen LogP contribution in [-0.4, -0.2) is 40.1 Å². The zero-order valence-electron chi connectivity index (χ0n) is 14.5. The van der Waals surface area contributed by atoms with Gasteiger partial charge in [0.05, 0.1) is 5.69 Å². The van der Waals surface area contributed by atoms with Gasteiger partial charge in [-0.3, -0.25) is 9.69 Å². The van der Waals surface area contributed by atoms with E-state index >= 15 is 0 Å². The monoisotopic (exact) mass is 338 g/mol. The lowest BCUT2D eigenvalue weighted by atomic mass is 10.1. The number of amides is 1. The molecule has 6 heteroatoms. The summed E-state index contributed by atoms with van der Waals surface area (Å²) in [4.78, 5) is 18.0. The predicted molar refractivity (Wildman–Crippen MR) is 95.4 cm³/mol. The Balaban J connectivity index is 1.38. The van der Waals surface area contributed by atoms with Crippen molar-refractivity contribution in [2.24, 2.45) is 0 Å². The lowest BCUT2D eigenvalue weighted by Crippen LogP contribution is -2.37. The van der Waals surface area contributed by atoms with E-state index in [0.29, 0.717) is 5.56 Å². The molecule has 3 aromatic rings. The number of nitrogens with zero attached hydrogens (tertiary/aromatic N) is 2. The molecule has 2 N–H and O–H groups in total. The van der Waals surface area contributed by atoms with Crippen molar-refractivity contribution >= 4 is 16.8 Å². The quantitative estimate of drug-likeness (QED) is 0.767. The van der Waals surface area contributed by atoms with E-state index < -0.39 is 0 Å². The van der Waals surface area contributed by atoms with Gasteiger partial charge < -0.3 is 14.8 Å². The molecule has 0 saturated carbocycles. The van der Waals surface area contributed by atoms with Crippen molar-refractivity contribution in [3.8, 4) is 0 Å². The first-order valence-corrected chi connectivity index (χ1v) is 8.62. The van der Waals surface area contributed by atoms with E-state index in [2.05, 4.69) is 20.4 Å². The fourth-order valence-electron chi connectivity index (χ4n) is 3.51. The minimum atomic E-state index is -0.00714. The van der Waals surface area contributed by atoms with E-state index in [0.717, 1.165) is 54.0 Å². The average Bonchev–Trinajstić information content (AvgIpc) is 3.31. The Morgan fingerprint density at radius 2 is 2.28 bits per heavy atom. The lowest BCUT2D eigenvalue weighted by molar-refractivity contribution is 0.0937. The lowest BCUT2D eigenvalue weighted by Gasteiger charge is -2.16. The largest absolute Gasteiger partial charge is 0.361 e. The van der Waals surface area contributed by atoms with Crippen molar-refractivity contribution < 1.29 is 9.32 Å². The van der Waals surface area contributed by atoms with Crippen LogP contribution in [0.3, 0.4) is 0 Å². The number of aromatic nitrogens is 2. The highest BCUT2D eigenvalue weighted by molar-refractivity contribution is 5.98. The Bertz CT molecular complexity index is 892. The topological polar surface area (TPSA) is 74.2 Å². The van der Waals surface area contributed by atoms with Gasteiger partial charge in [-0.05, 0) is 44.5 Å². The number of fused-ring (bicyclic) bond motifs is 1. The van der Waals surface area contributed by atoms with Crippen LogP contribution in [0.4, 0.5) is 0 Å². The zero-order valence-corrected chi connectivity index (χ0v) is 14.5. The van der Waals surface area contributed by atoms with Crippen molar-refractivity contribution in [1.29, 1.82) is 0 Å². The Labute approximate surface area is 146 Å². The average molecular weight is 338 g/mol. The first kappa shape index (κ1) is 15.9. The highest BCUT2D eigenvalue weighted by Gasteiger charge is 2.25. The minimum absolute atomic E-state index is 0.00714. The SMILES string of the molecule is Cc1noc(C)c1CN1CCC(NC(=O)c2ccc3[nH]ccc3c2)C1. The summed E-state index contributed by atoms with van der Waals surface area (Å²) < 4.78 is 5.23. The van der Waals surface area contributed by atoms with Crippen LogP contribution in [0.25, 0.3) is 10.9 Å². The number of nitrogens with one attached hydrogen (secondary N) is 2. The molecule has 1 unspecified atom stereocenters. The summed E-state index contributed by atoms with van der Waals surface area (Å²) in [6.45, 7) is 6.55. The van der Waals surface area contributed by atoms with Gasteiger partial charge in [-0.2, -0.15) is 0 Å². The van der Waals surface area contributed by atoms with E-state index in [4.69, 9.17) is 4.52 Å². The summed E-state index contributed by atoms with van der Waals surface area (Å²) in [5, 5.41) is 8.23. The maximum atomic E-state index is 12.5. The van der Waals surface area contributed by atoms with Crippen LogP contribution in [0, 0.1) is 13.8 Å². The van der Waals surface area contributed by atoms with E-state index in [1.165, 1.54) is 0 Å². The maximum absolute atomic E-state index is 12.5. The van der Waals surface area contributed by atoms with Crippen LogP contribution >= 0.6 is 0 Å². The van der Waals surface area contributed by atoms with Gasteiger partial charge in [0.1, 0.15) is 5.76 Å². The molecule has 1 saturated heterocycles. The van der Waals surface area contributed by atoms with E-state index in [-0.39, 0.29) is 11.9 Å². The molecule has 1 atom stereocenters. The van der Waals surface area contributed by atoms with Crippen molar-refractivity contribution in [3.63, 3.8) is 0 Å². The molecule has 1 aromatic carbocycles. The van der Waals surface area contributed by atoms with Crippen molar-refractivity contribution in [2.45, 2.75) is 32.9 Å². The minimum Gasteiger partial charge on any atom is -0.361 e. The summed E-state index contributed by atoms with van der Waals surface area (Å²) in [7, 11) is 0. The number of rotatable bonds is 4. The molecule has 1 aliphatic heterocycles. The van der Waals surface area contributed by atoms with Crippen molar-refractivity contribution in [3.05, 3.63) is 53.0 Å². The number of hydrogen-bond acceptors (Lipinski definition) is 4. The molecular weight excluding hydrogens is 316 g/mol. The second-order valence-electron chi connectivity index (χ2n) is 6.78. The van der Waals surface area contributed by atoms with E-state index in [9.17, 15) is 4.79 Å². The van der Waals surface area contributed by atoms with Gasteiger partial charge in [0.2, 0.25) is 0 Å². The number of benzene rings is 1. The Kier molecular flexibility index (Phi) is 4.05. The number of carbonyl (C=O) groups excluding carboxylic acids is 1. The molecule has 4 rings (SSSR count). The van der Waals surface area contributed by atoms with Crippen LogP contribution < -0.4 is 5.32 Å². The molecule has 0 bridgehead atoms. The molecule has 0 aliphatic carbocycles. The molecule has 25 heavy (non-hydrogen) atoms. The van der Waals surface area contributed by atoms with Gasteiger partial charge in [-0.15, -0.1) is 0 Å². The van der Waals surface area contributed by atoms with Gasteiger partial charge in [0, 0.05) is 53.9 Å². The Morgan fingerprint density at radius 3 is 3.08 bits per heavy atom. The molecule has 130 valence electrons. The fraction of sp³-hybridized carbons (Fsp3) is 0.368. The van der Waals surface area contributed by atoms with Crippen LogP contribution in [-0.2, 0) is 6.54 Å². The maximum Gasteiger partial charge on any atom is 0.251 e. The summed E-state index contributed by atoms with van der Waals surface area (Å²) in [6, 6.07) is 7.90. The Hall–Kier alpha value is -2.60. The molecule has 3 heterocycles. The van der Waals surface area contributed by atoms with Crippen molar-refractivity contribution in [2.75, 3.05) is 13.1 Å². The smallest absolute Gasteiger partial charge is 0.251 e. The summed E-state index contributed by atoms with van der Waals surface area (Å²) in [5.41, 5.74) is 3.86. The number of aryl methyl sites for hydroxylation is 2. The van der Waals surface area contributed by atoms with Gasteiger partial charge in [0.25, 0.3) is 5.91 Å². The number of hydrogen-bond donors (Lipinski definition) is 2. The predicted octanol–water partition coefficient (Wildman–Crippen LogP) is 2.78. The third-order valence-electron chi connectivity index (χ3n) is 4.99. The normalized spacial score (nSPS) is 18.1. The van der Waals surface area contributed by atoms with Gasteiger partial charge in [-0.25, -0.2) is 0 Å². The number of aromatic amines is 1. The fourth-order valence-corrected chi connectivity index (χ4v) is 3.51. The van der Waals surface area contributed by atoms with Gasteiger partial charge >= 0.3 is 0 Å². The standard InChI is InChI=1S/C19H22N4O2/c1-12-17(13(2)25-22-12)11-23-8-6-16(10-23)21-19(24)15-3-4-18-14(9-15)5-7-20-18/h3-5,7,9,16,20H,6,8,10-11H2,1-2H3,(H,21,24). The van der Waals surface area contributed by atoms with Crippen molar-refractivity contribution in [1.82, 2.24) is 20.4 Å². The van der Waals surface area contributed by atoms with Gasteiger partial charge in [-0.1, -0.05) is 5.16 Å². The first-order valence-electron chi connectivity index (χ1n) is 8.62. The summed E-state index contributed by atoms with van der Waals surface area (Å²) in [6.07, 6.45) is 2.84. The van der Waals surface area contributed by atoms with E-state index in [1.54, 1.807) is 0 Å². The number of H-pyrrole nitrogens is 1. The zero-order chi connectivity index (χ0) is 17.4. The molecule has 1 amide bonds. The highest BCUT2D eigenvalue weighted by atomic mass is 16.5. The number of carbonyl (C=O) groups is 1. The molecule has 6 nitrogen and oxygen atoms in total. The second-order valence-corrected chi connectivity index (χ2v) is 6.78.